The van der Waals surface area contributed by atoms with Crippen LogP contribution in [0.4, 0.5) is 5.69 Å². The fourth-order valence-corrected chi connectivity index (χ4v) is 3.40. The summed E-state index contributed by atoms with van der Waals surface area (Å²) < 4.78 is 0. The Morgan fingerprint density at radius 2 is 1.79 bits per heavy atom. The van der Waals surface area contributed by atoms with Gasteiger partial charge in [0.1, 0.15) is 6.04 Å². The maximum absolute atomic E-state index is 12.5. The van der Waals surface area contributed by atoms with Crippen molar-refractivity contribution in [2.24, 2.45) is 0 Å². The molecule has 154 valence electrons. The van der Waals surface area contributed by atoms with Crippen LogP contribution in [-0.4, -0.2) is 42.3 Å². The van der Waals surface area contributed by atoms with Crippen molar-refractivity contribution in [3.63, 3.8) is 0 Å². The average Bonchev–Trinajstić information content (AvgIpc) is 2.69. The molecular formula is C20H21Cl2N3O3S. The number of carbonyl (C=O) groups excluding carboxylic acids is 3. The minimum atomic E-state index is -0.800. The molecule has 0 aliphatic carbocycles. The smallest absolute Gasteiger partial charge is 0.253 e. The Kier molecular flexibility index (Phi) is 9.31. The third-order valence-corrected chi connectivity index (χ3v) is 5.08. The molecule has 0 heterocycles. The Labute approximate surface area is 183 Å². The average molecular weight is 454 g/mol. The number of para-hydroxylation sites is 1. The largest absolute Gasteiger partial charge is 0.345 e. The van der Waals surface area contributed by atoms with Crippen molar-refractivity contribution in [1.29, 1.82) is 0 Å². The molecule has 0 aliphatic heterocycles. The summed E-state index contributed by atoms with van der Waals surface area (Å²) in [7, 11) is 0. The number of amides is 3. The normalized spacial score (nSPS) is 11.4. The van der Waals surface area contributed by atoms with E-state index in [1.165, 1.54) is 12.1 Å². The van der Waals surface area contributed by atoms with Crippen molar-refractivity contribution in [2.45, 2.75) is 12.5 Å². The monoisotopic (exact) mass is 453 g/mol. The number of carbonyl (C=O) groups is 3. The molecule has 0 aromatic heterocycles. The molecule has 0 saturated heterocycles. The van der Waals surface area contributed by atoms with E-state index in [-0.39, 0.29) is 23.0 Å². The first-order valence-corrected chi connectivity index (χ1v) is 10.9. The zero-order chi connectivity index (χ0) is 21.2. The van der Waals surface area contributed by atoms with Crippen molar-refractivity contribution < 1.29 is 14.4 Å². The Balaban J connectivity index is 1.96. The Bertz CT molecular complexity index is 865. The van der Waals surface area contributed by atoms with Crippen molar-refractivity contribution in [2.75, 3.05) is 23.9 Å². The van der Waals surface area contributed by atoms with Gasteiger partial charge < -0.3 is 16.0 Å². The van der Waals surface area contributed by atoms with E-state index < -0.39 is 17.9 Å². The molecule has 0 fully saturated rings. The molecule has 1 unspecified atom stereocenters. The number of hydrogen-bond donors (Lipinski definition) is 3. The molecule has 2 aromatic rings. The van der Waals surface area contributed by atoms with Crippen LogP contribution < -0.4 is 16.0 Å². The minimum absolute atomic E-state index is 0.196. The third-order valence-electron chi connectivity index (χ3n) is 3.89. The second-order valence-corrected chi connectivity index (χ2v) is 7.89. The molecular weight excluding hydrogens is 433 g/mol. The van der Waals surface area contributed by atoms with E-state index >= 15 is 0 Å². The summed E-state index contributed by atoms with van der Waals surface area (Å²) in [5.74, 6) is -0.634. The van der Waals surface area contributed by atoms with E-state index in [1.807, 2.05) is 12.3 Å². The number of nitrogens with one attached hydrogen (secondary N) is 3. The van der Waals surface area contributed by atoms with Gasteiger partial charge in [0, 0.05) is 10.7 Å². The molecule has 3 N–H and O–H groups in total. The van der Waals surface area contributed by atoms with Gasteiger partial charge >= 0.3 is 0 Å². The van der Waals surface area contributed by atoms with Gasteiger partial charge in [0.05, 0.1) is 17.1 Å². The van der Waals surface area contributed by atoms with Gasteiger partial charge in [-0.25, -0.2) is 0 Å². The number of halogens is 2. The minimum Gasteiger partial charge on any atom is -0.345 e. The van der Waals surface area contributed by atoms with Gasteiger partial charge in [0.15, 0.2) is 0 Å². The van der Waals surface area contributed by atoms with Crippen LogP contribution in [0.1, 0.15) is 16.8 Å². The molecule has 2 rings (SSSR count). The summed E-state index contributed by atoms with van der Waals surface area (Å²) >= 11 is 13.5. The standard InChI is InChI=1S/C20H21Cl2N3O3S/c1-29-10-9-17(25-19(27)15-8-7-13(21)11-16(15)22)20(28)23-12-18(26)24-14-5-3-2-4-6-14/h2-8,11,17H,9-10,12H2,1H3,(H,23,28)(H,24,26)(H,25,27). The fourth-order valence-electron chi connectivity index (χ4n) is 2.43. The summed E-state index contributed by atoms with van der Waals surface area (Å²) in [6.45, 7) is -0.207. The summed E-state index contributed by atoms with van der Waals surface area (Å²) in [5.41, 5.74) is 0.858. The highest BCUT2D eigenvalue weighted by Crippen LogP contribution is 2.21. The molecule has 0 bridgehead atoms. The lowest BCUT2D eigenvalue weighted by atomic mass is 10.1. The van der Waals surface area contributed by atoms with Crippen LogP contribution in [0.25, 0.3) is 0 Å². The van der Waals surface area contributed by atoms with Crippen LogP contribution in [0.15, 0.2) is 48.5 Å². The van der Waals surface area contributed by atoms with E-state index in [9.17, 15) is 14.4 Å². The molecule has 0 aliphatic rings. The van der Waals surface area contributed by atoms with Gasteiger partial charge in [-0.2, -0.15) is 11.8 Å². The molecule has 0 saturated carbocycles. The van der Waals surface area contributed by atoms with Gasteiger partial charge in [0.25, 0.3) is 5.91 Å². The van der Waals surface area contributed by atoms with Gasteiger partial charge in [-0.05, 0) is 48.8 Å². The quantitative estimate of drug-likeness (QED) is 0.541. The predicted octanol–water partition coefficient (Wildman–Crippen LogP) is 3.60. The first kappa shape index (κ1) is 23.1. The molecule has 6 nitrogen and oxygen atoms in total. The van der Waals surface area contributed by atoms with Crippen LogP contribution in [0, 0.1) is 0 Å². The van der Waals surface area contributed by atoms with Gasteiger partial charge in [-0.3, -0.25) is 14.4 Å². The Morgan fingerprint density at radius 1 is 1.07 bits per heavy atom. The zero-order valence-electron chi connectivity index (χ0n) is 15.7. The summed E-state index contributed by atoms with van der Waals surface area (Å²) in [5, 5.41) is 8.53. The second-order valence-electron chi connectivity index (χ2n) is 6.06. The maximum Gasteiger partial charge on any atom is 0.253 e. The van der Waals surface area contributed by atoms with Gasteiger partial charge in [-0.1, -0.05) is 41.4 Å². The molecule has 3 amide bonds. The van der Waals surface area contributed by atoms with E-state index in [1.54, 1.807) is 42.1 Å². The SMILES string of the molecule is CSCCC(NC(=O)c1ccc(Cl)cc1Cl)C(=O)NCC(=O)Nc1ccccc1. The first-order chi connectivity index (χ1) is 13.9. The summed E-state index contributed by atoms with van der Waals surface area (Å²) in [4.78, 5) is 37.1. The fraction of sp³-hybridized carbons (Fsp3) is 0.250. The summed E-state index contributed by atoms with van der Waals surface area (Å²) in [6.07, 6.45) is 2.31. The lowest BCUT2D eigenvalue weighted by molar-refractivity contribution is -0.125. The number of rotatable bonds is 9. The topological polar surface area (TPSA) is 87.3 Å². The van der Waals surface area contributed by atoms with Crippen LogP contribution in [0.2, 0.25) is 10.0 Å². The molecule has 29 heavy (non-hydrogen) atoms. The highest BCUT2D eigenvalue weighted by Gasteiger charge is 2.22. The van der Waals surface area contributed by atoms with Crippen LogP contribution in [-0.2, 0) is 9.59 Å². The number of anilines is 1. The Morgan fingerprint density at radius 3 is 2.45 bits per heavy atom. The van der Waals surface area contributed by atoms with Crippen molar-refractivity contribution in [3.05, 3.63) is 64.1 Å². The van der Waals surface area contributed by atoms with E-state index in [4.69, 9.17) is 23.2 Å². The van der Waals surface area contributed by atoms with Crippen molar-refractivity contribution >= 4 is 58.4 Å². The highest BCUT2D eigenvalue weighted by atomic mass is 35.5. The molecule has 0 radical (unpaired) electrons. The predicted molar refractivity (Wildman–Crippen MR) is 119 cm³/mol. The number of benzene rings is 2. The lowest BCUT2D eigenvalue weighted by Gasteiger charge is -2.18. The number of thioether (sulfide) groups is 1. The zero-order valence-corrected chi connectivity index (χ0v) is 18.0. The maximum atomic E-state index is 12.5. The molecule has 9 heteroatoms. The third kappa shape index (κ3) is 7.61. The van der Waals surface area contributed by atoms with Crippen molar-refractivity contribution in [1.82, 2.24) is 10.6 Å². The van der Waals surface area contributed by atoms with Crippen molar-refractivity contribution in [3.8, 4) is 0 Å². The molecule has 2 aromatic carbocycles. The number of hydrogen-bond acceptors (Lipinski definition) is 4. The highest BCUT2D eigenvalue weighted by molar-refractivity contribution is 7.98. The van der Waals surface area contributed by atoms with E-state index in [2.05, 4.69) is 16.0 Å². The molecule has 1 atom stereocenters. The van der Waals surface area contributed by atoms with Gasteiger partial charge in [0.2, 0.25) is 11.8 Å². The lowest BCUT2D eigenvalue weighted by Crippen LogP contribution is -2.48. The van der Waals surface area contributed by atoms with Crippen LogP contribution in [0.5, 0.6) is 0 Å². The van der Waals surface area contributed by atoms with E-state index in [0.717, 1.165) is 0 Å². The van der Waals surface area contributed by atoms with Gasteiger partial charge in [-0.15, -0.1) is 0 Å². The summed E-state index contributed by atoms with van der Waals surface area (Å²) in [6, 6.07) is 12.6. The first-order valence-electron chi connectivity index (χ1n) is 8.78. The second kappa shape index (κ2) is 11.7. The van der Waals surface area contributed by atoms with Crippen LogP contribution >= 0.6 is 35.0 Å². The van der Waals surface area contributed by atoms with Crippen LogP contribution in [0.3, 0.4) is 0 Å². The van der Waals surface area contributed by atoms with E-state index in [0.29, 0.717) is 22.9 Å². The Hall–Kier alpha value is -2.22. The molecule has 0 spiro atoms.